The number of amides is 3. The average Bonchev–Trinajstić information content (AvgIpc) is 3.09. The van der Waals surface area contributed by atoms with Gasteiger partial charge in [0.05, 0.1) is 22.8 Å². The molecule has 9 nitrogen and oxygen atoms in total. The number of primary amides is 1. The number of hydrogen-bond acceptors (Lipinski definition) is 6. The smallest absolute Gasteiger partial charge is 0.251 e. The Morgan fingerprint density at radius 3 is 2.63 bits per heavy atom. The molecule has 1 saturated heterocycles. The van der Waals surface area contributed by atoms with E-state index in [4.69, 9.17) is 5.73 Å². The number of carbonyl (C=O) groups is 4. The quantitative estimate of drug-likeness (QED) is 0.274. The highest BCUT2D eigenvalue weighted by molar-refractivity contribution is 6.07. The number of hydrogen-bond donors (Lipinski definition) is 3. The predicted octanol–water partition coefficient (Wildman–Crippen LogP) is 5.43. The Kier molecular flexibility index (Phi) is 9.10. The van der Waals surface area contributed by atoms with Crippen molar-refractivity contribution in [2.45, 2.75) is 57.4 Å². The highest BCUT2D eigenvalue weighted by atomic mass is 16.2. The van der Waals surface area contributed by atoms with Crippen molar-refractivity contribution in [3.05, 3.63) is 101 Å². The van der Waals surface area contributed by atoms with Gasteiger partial charge in [0.25, 0.3) is 11.8 Å². The molecule has 2 aliphatic carbocycles. The zero-order chi connectivity index (χ0) is 32.1. The van der Waals surface area contributed by atoms with Crippen molar-refractivity contribution < 1.29 is 19.2 Å². The van der Waals surface area contributed by atoms with E-state index in [0.29, 0.717) is 34.4 Å². The van der Waals surface area contributed by atoms with Crippen LogP contribution in [0.4, 0.5) is 11.4 Å². The van der Waals surface area contributed by atoms with Crippen LogP contribution in [0.5, 0.6) is 0 Å². The summed E-state index contributed by atoms with van der Waals surface area (Å²) in [7, 11) is 0. The van der Waals surface area contributed by atoms with E-state index >= 15 is 0 Å². The van der Waals surface area contributed by atoms with Crippen LogP contribution in [0.15, 0.2) is 84.6 Å². The first kappa shape index (κ1) is 31.0. The van der Waals surface area contributed by atoms with Crippen LogP contribution in [-0.2, 0) is 20.8 Å². The molecule has 9 heteroatoms. The van der Waals surface area contributed by atoms with Gasteiger partial charge in [0.1, 0.15) is 6.29 Å². The van der Waals surface area contributed by atoms with Crippen LogP contribution in [0.25, 0.3) is 11.3 Å². The molecule has 236 valence electrons. The van der Waals surface area contributed by atoms with Crippen LogP contribution in [0.3, 0.4) is 0 Å². The Morgan fingerprint density at radius 1 is 1.00 bits per heavy atom. The fourth-order valence-electron chi connectivity index (χ4n) is 6.79. The molecule has 3 aliphatic rings. The van der Waals surface area contributed by atoms with Gasteiger partial charge in [-0.3, -0.25) is 19.4 Å². The monoisotopic (exact) mass is 617 g/mol. The molecular formula is C37H39N5O4. The second-order valence-electron chi connectivity index (χ2n) is 12.4. The Hall–Kier alpha value is -5.05. The first-order valence-corrected chi connectivity index (χ1v) is 16.0. The normalized spacial score (nSPS) is 20.7. The molecule has 0 spiro atoms. The maximum absolute atomic E-state index is 13.6. The molecule has 2 atom stereocenters. The maximum Gasteiger partial charge on any atom is 0.251 e. The van der Waals surface area contributed by atoms with Crippen molar-refractivity contribution in [3.63, 3.8) is 0 Å². The van der Waals surface area contributed by atoms with Gasteiger partial charge in [0.15, 0.2) is 0 Å². The van der Waals surface area contributed by atoms with Gasteiger partial charge in [-0.25, -0.2) is 0 Å². The molecule has 1 aliphatic heterocycles. The number of carbonyl (C=O) groups excluding carboxylic acids is 4. The third-order valence-corrected chi connectivity index (χ3v) is 9.39. The standard InChI is InChI=1S/C37H39N5O4/c38-36(46)37(17-21-43)16-7-10-27(24-37)35(45)41-32-14-13-28(42-19-4-1-5-20-42)23-30(32)33-22-26(15-18-39-33)34(44)40-31-12-6-9-25-8-2-3-11-29(25)31/h2-3,7-8,10-11,13-16,18,21-23,31H,1,4-6,9,12,17,19-20,24H2,(H2,38,46)(H,40,44)(H,41,45). The molecule has 0 saturated carbocycles. The molecule has 1 aromatic heterocycles. The summed E-state index contributed by atoms with van der Waals surface area (Å²) >= 11 is 0. The van der Waals surface area contributed by atoms with Gasteiger partial charge in [-0.05, 0) is 86.4 Å². The average molecular weight is 618 g/mol. The molecule has 4 N–H and O–H groups in total. The van der Waals surface area contributed by atoms with Crippen LogP contribution in [0.1, 0.15) is 72.5 Å². The number of rotatable bonds is 9. The second kappa shape index (κ2) is 13.5. The van der Waals surface area contributed by atoms with Gasteiger partial charge in [-0.2, -0.15) is 0 Å². The summed E-state index contributed by atoms with van der Waals surface area (Å²) in [6.45, 7) is 1.88. The number of benzene rings is 2. The number of nitrogens with two attached hydrogens (primary N) is 1. The zero-order valence-electron chi connectivity index (χ0n) is 25.8. The molecule has 3 amide bonds. The number of allylic oxidation sites excluding steroid dienone is 2. The second-order valence-corrected chi connectivity index (χ2v) is 12.4. The maximum atomic E-state index is 13.6. The van der Waals surface area contributed by atoms with Crippen LogP contribution in [0.2, 0.25) is 0 Å². The Morgan fingerprint density at radius 2 is 1.83 bits per heavy atom. The molecule has 46 heavy (non-hydrogen) atoms. The van der Waals surface area contributed by atoms with E-state index in [1.807, 2.05) is 30.3 Å². The number of aromatic nitrogens is 1. The zero-order valence-corrected chi connectivity index (χ0v) is 25.8. The van der Waals surface area contributed by atoms with Gasteiger partial charge in [0, 0.05) is 48.1 Å². The summed E-state index contributed by atoms with van der Waals surface area (Å²) in [5.74, 6) is -1.24. The van der Waals surface area contributed by atoms with E-state index in [1.165, 1.54) is 12.0 Å². The number of piperidine rings is 1. The van der Waals surface area contributed by atoms with Crippen LogP contribution in [0, 0.1) is 5.41 Å². The Balaban J connectivity index is 1.29. The fourth-order valence-corrected chi connectivity index (χ4v) is 6.79. The molecule has 0 bridgehead atoms. The summed E-state index contributed by atoms with van der Waals surface area (Å²) < 4.78 is 0. The third kappa shape index (κ3) is 6.49. The number of nitrogens with zero attached hydrogens (tertiary/aromatic N) is 2. The molecule has 3 aromatic rings. The van der Waals surface area contributed by atoms with Crippen LogP contribution >= 0.6 is 0 Å². The van der Waals surface area contributed by atoms with Gasteiger partial charge < -0.3 is 26.1 Å². The lowest BCUT2D eigenvalue weighted by Gasteiger charge is -2.30. The van der Waals surface area contributed by atoms with E-state index in [2.05, 4.69) is 32.7 Å². The van der Waals surface area contributed by atoms with Gasteiger partial charge >= 0.3 is 0 Å². The van der Waals surface area contributed by atoms with Crippen LogP contribution in [-0.4, -0.2) is 42.1 Å². The van der Waals surface area contributed by atoms with Gasteiger partial charge in [-0.1, -0.05) is 42.5 Å². The van der Waals surface area contributed by atoms with E-state index in [0.717, 1.165) is 56.4 Å². The summed E-state index contributed by atoms with van der Waals surface area (Å²) in [4.78, 5) is 57.8. The van der Waals surface area contributed by atoms with Crippen molar-refractivity contribution in [1.29, 1.82) is 0 Å². The van der Waals surface area contributed by atoms with Crippen molar-refractivity contribution in [1.82, 2.24) is 10.3 Å². The highest BCUT2D eigenvalue weighted by Gasteiger charge is 2.37. The number of pyridine rings is 1. The molecule has 2 heterocycles. The molecule has 1 fully saturated rings. The minimum absolute atomic E-state index is 0.0167. The van der Waals surface area contributed by atoms with Crippen LogP contribution < -0.4 is 21.3 Å². The van der Waals surface area contributed by atoms with Gasteiger partial charge in [-0.15, -0.1) is 0 Å². The topological polar surface area (TPSA) is 134 Å². The highest BCUT2D eigenvalue weighted by Crippen LogP contribution is 2.37. The van der Waals surface area contributed by atoms with E-state index in [9.17, 15) is 19.2 Å². The number of aldehydes is 1. The first-order chi connectivity index (χ1) is 22.4. The molecule has 2 unspecified atom stereocenters. The largest absolute Gasteiger partial charge is 0.372 e. The predicted molar refractivity (Wildman–Crippen MR) is 178 cm³/mol. The lowest BCUT2D eigenvalue weighted by atomic mass is 9.75. The first-order valence-electron chi connectivity index (χ1n) is 16.0. The summed E-state index contributed by atoms with van der Waals surface area (Å²) in [6, 6.07) is 17.5. The van der Waals surface area contributed by atoms with E-state index < -0.39 is 17.2 Å². The minimum atomic E-state index is -1.24. The molecule has 6 rings (SSSR count). The minimum Gasteiger partial charge on any atom is -0.372 e. The number of fused-ring (bicyclic) bond motifs is 1. The summed E-state index contributed by atoms with van der Waals surface area (Å²) in [5.41, 5.74) is 10.4. The fraction of sp³-hybridized carbons (Fsp3) is 0.324. The SMILES string of the molecule is NC(=O)C1(CC=O)C=CC=C(C(=O)Nc2ccc(N3CCCCC3)cc2-c2cc(C(=O)NC3CCCc4ccccc43)ccn2)C1. The molecule has 0 radical (unpaired) electrons. The summed E-state index contributed by atoms with van der Waals surface area (Å²) in [6.07, 6.45) is 13.3. The Labute approximate surface area is 269 Å². The molecule has 2 aromatic carbocycles. The van der Waals surface area contributed by atoms with Crippen molar-refractivity contribution in [2.75, 3.05) is 23.3 Å². The Bertz CT molecular complexity index is 1720. The number of anilines is 2. The third-order valence-electron chi connectivity index (χ3n) is 9.39. The van der Waals surface area contributed by atoms with Crippen molar-refractivity contribution >= 4 is 35.4 Å². The van der Waals surface area contributed by atoms with Crippen molar-refractivity contribution in [3.8, 4) is 11.3 Å². The lowest BCUT2D eigenvalue weighted by Crippen LogP contribution is -2.38. The van der Waals surface area contributed by atoms with E-state index in [-0.39, 0.29) is 24.8 Å². The number of aryl methyl sites for hydroxylation is 1. The summed E-state index contributed by atoms with van der Waals surface area (Å²) in [5, 5.41) is 6.24. The molecular weight excluding hydrogens is 578 g/mol. The van der Waals surface area contributed by atoms with E-state index in [1.54, 1.807) is 36.6 Å². The van der Waals surface area contributed by atoms with Crippen molar-refractivity contribution in [2.24, 2.45) is 11.1 Å². The number of nitrogens with one attached hydrogen (secondary N) is 2. The van der Waals surface area contributed by atoms with Gasteiger partial charge in [0.2, 0.25) is 5.91 Å². The lowest BCUT2D eigenvalue weighted by molar-refractivity contribution is -0.128.